The molecule has 1 aliphatic heterocycles. The number of carbonyl (C=O) groups excluding carboxylic acids is 1. The van der Waals surface area contributed by atoms with E-state index in [1.54, 1.807) is 61.5 Å². The van der Waals surface area contributed by atoms with Crippen molar-refractivity contribution in [2.24, 2.45) is 4.40 Å². The van der Waals surface area contributed by atoms with E-state index in [1.807, 2.05) is 0 Å². The van der Waals surface area contributed by atoms with Gasteiger partial charge in [0, 0.05) is 34.1 Å². The molecular weight excluding hydrogens is 420 g/mol. The molecule has 0 saturated heterocycles. The molecule has 0 unspecified atom stereocenters. The SMILES string of the molecule is Cc1ccc(NC(=O)c2ccc(NC3=NS(=O)(=O)c4ccccc43)cc2)cc1[N+](=O)[O-]. The van der Waals surface area contributed by atoms with Crippen molar-refractivity contribution >= 4 is 38.8 Å². The predicted octanol–water partition coefficient (Wildman–Crippen LogP) is 3.72. The summed E-state index contributed by atoms with van der Waals surface area (Å²) in [4.78, 5) is 23.2. The number of aryl methyl sites for hydroxylation is 1. The summed E-state index contributed by atoms with van der Waals surface area (Å²) < 4.78 is 28.0. The Balaban J connectivity index is 1.50. The minimum absolute atomic E-state index is 0.0788. The highest BCUT2D eigenvalue weighted by Crippen LogP contribution is 2.27. The Kier molecular flexibility index (Phi) is 4.99. The fourth-order valence-corrected chi connectivity index (χ4v) is 4.30. The molecule has 0 aromatic heterocycles. The van der Waals surface area contributed by atoms with E-state index in [9.17, 15) is 23.3 Å². The third kappa shape index (κ3) is 4.01. The fourth-order valence-electron chi connectivity index (χ4n) is 3.12. The predicted molar refractivity (Wildman–Crippen MR) is 116 cm³/mol. The van der Waals surface area contributed by atoms with Gasteiger partial charge >= 0.3 is 0 Å². The van der Waals surface area contributed by atoms with Crippen molar-refractivity contribution in [3.05, 3.63) is 93.5 Å². The first-order valence-corrected chi connectivity index (χ1v) is 10.6. The zero-order valence-electron chi connectivity index (χ0n) is 16.2. The quantitative estimate of drug-likeness (QED) is 0.473. The van der Waals surface area contributed by atoms with E-state index in [2.05, 4.69) is 15.0 Å². The molecule has 3 aromatic carbocycles. The molecule has 156 valence electrons. The van der Waals surface area contributed by atoms with Crippen molar-refractivity contribution in [2.75, 3.05) is 10.6 Å². The molecule has 9 nitrogen and oxygen atoms in total. The molecule has 0 radical (unpaired) electrons. The molecule has 31 heavy (non-hydrogen) atoms. The molecular formula is C21H16N4O5S. The highest BCUT2D eigenvalue weighted by Gasteiger charge is 2.28. The molecule has 1 aliphatic rings. The first-order valence-electron chi connectivity index (χ1n) is 9.12. The highest BCUT2D eigenvalue weighted by atomic mass is 32.2. The van der Waals surface area contributed by atoms with Crippen LogP contribution in [0.4, 0.5) is 17.1 Å². The number of nitro groups is 1. The van der Waals surface area contributed by atoms with E-state index in [4.69, 9.17) is 0 Å². The summed E-state index contributed by atoms with van der Waals surface area (Å²) >= 11 is 0. The second kappa shape index (κ2) is 7.65. The molecule has 0 spiro atoms. The number of amidine groups is 1. The van der Waals surface area contributed by atoms with Crippen LogP contribution in [0, 0.1) is 17.0 Å². The van der Waals surface area contributed by atoms with Gasteiger partial charge < -0.3 is 10.6 Å². The lowest BCUT2D eigenvalue weighted by Crippen LogP contribution is -2.13. The van der Waals surface area contributed by atoms with Crippen LogP contribution >= 0.6 is 0 Å². The van der Waals surface area contributed by atoms with Crippen molar-refractivity contribution in [2.45, 2.75) is 11.8 Å². The van der Waals surface area contributed by atoms with Crippen LogP contribution in [-0.2, 0) is 10.0 Å². The van der Waals surface area contributed by atoms with Crippen molar-refractivity contribution in [3.63, 3.8) is 0 Å². The van der Waals surface area contributed by atoms with E-state index in [1.165, 1.54) is 12.1 Å². The second-order valence-electron chi connectivity index (χ2n) is 6.83. The number of amides is 1. The average molecular weight is 436 g/mol. The summed E-state index contributed by atoms with van der Waals surface area (Å²) in [7, 11) is -3.73. The van der Waals surface area contributed by atoms with Gasteiger partial charge in [0.15, 0.2) is 5.84 Å². The van der Waals surface area contributed by atoms with Crippen LogP contribution in [0.2, 0.25) is 0 Å². The molecule has 3 aromatic rings. The molecule has 1 amide bonds. The minimum atomic E-state index is -3.73. The normalized spacial score (nSPS) is 13.8. The molecule has 10 heteroatoms. The van der Waals surface area contributed by atoms with Gasteiger partial charge in [-0.3, -0.25) is 14.9 Å². The second-order valence-corrected chi connectivity index (χ2v) is 8.40. The lowest BCUT2D eigenvalue weighted by molar-refractivity contribution is -0.385. The Labute approximate surface area is 177 Å². The molecule has 0 aliphatic carbocycles. The number of anilines is 2. The molecule has 1 heterocycles. The molecule has 0 bridgehead atoms. The van der Waals surface area contributed by atoms with Gasteiger partial charge in [-0.2, -0.15) is 8.42 Å². The Morgan fingerprint density at radius 2 is 1.68 bits per heavy atom. The van der Waals surface area contributed by atoms with Crippen LogP contribution in [0.25, 0.3) is 0 Å². The number of carbonyl (C=O) groups is 1. The number of rotatable bonds is 4. The number of nitrogens with one attached hydrogen (secondary N) is 2. The van der Waals surface area contributed by atoms with Gasteiger partial charge in [0.05, 0.1) is 4.92 Å². The highest BCUT2D eigenvalue weighted by molar-refractivity contribution is 7.90. The number of nitro benzene ring substituents is 1. The molecule has 0 fully saturated rings. The van der Waals surface area contributed by atoms with Gasteiger partial charge in [-0.1, -0.05) is 18.2 Å². The van der Waals surface area contributed by atoms with Crippen LogP contribution in [-0.4, -0.2) is 25.1 Å². The maximum atomic E-state index is 12.5. The maximum absolute atomic E-state index is 12.5. The van der Waals surface area contributed by atoms with Crippen LogP contribution < -0.4 is 10.6 Å². The van der Waals surface area contributed by atoms with Crippen LogP contribution in [0.5, 0.6) is 0 Å². The summed E-state index contributed by atoms with van der Waals surface area (Å²) in [6.07, 6.45) is 0. The summed E-state index contributed by atoms with van der Waals surface area (Å²) in [6.45, 7) is 1.62. The Bertz CT molecular complexity index is 1350. The Hall–Kier alpha value is -4.05. The van der Waals surface area contributed by atoms with Crippen LogP contribution in [0.3, 0.4) is 0 Å². The number of sulfonamides is 1. The maximum Gasteiger partial charge on any atom is 0.285 e. The van der Waals surface area contributed by atoms with Gasteiger partial charge in [0.25, 0.3) is 21.6 Å². The summed E-state index contributed by atoms with van der Waals surface area (Å²) in [5.41, 5.74) is 2.09. The summed E-state index contributed by atoms with van der Waals surface area (Å²) in [6, 6.07) is 17.3. The van der Waals surface area contributed by atoms with E-state index < -0.39 is 20.9 Å². The monoisotopic (exact) mass is 436 g/mol. The van der Waals surface area contributed by atoms with Crippen molar-refractivity contribution < 1.29 is 18.1 Å². The number of benzene rings is 3. The molecule has 0 saturated carbocycles. The minimum Gasteiger partial charge on any atom is -0.339 e. The molecule has 0 atom stereocenters. The van der Waals surface area contributed by atoms with Gasteiger partial charge in [0.2, 0.25) is 0 Å². The lowest BCUT2D eigenvalue weighted by Gasteiger charge is -2.09. The van der Waals surface area contributed by atoms with E-state index >= 15 is 0 Å². The van der Waals surface area contributed by atoms with Gasteiger partial charge in [-0.05, 0) is 49.4 Å². The van der Waals surface area contributed by atoms with E-state index in [0.29, 0.717) is 28.1 Å². The summed E-state index contributed by atoms with van der Waals surface area (Å²) in [5, 5.41) is 16.7. The van der Waals surface area contributed by atoms with Crippen molar-refractivity contribution in [3.8, 4) is 0 Å². The number of fused-ring (bicyclic) bond motifs is 1. The van der Waals surface area contributed by atoms with Gasteiger partial charge in [-0.15, -0.1) is 4.40 Å². The smallest absolute Gasteiger partial charge is 0.285 e. The van der Waals surface area contributed by atoms with E-state index in [-0.39, 0.29) is 16.4 Å². The Morgan fingerprint density at radius 3 is 2.39 bits per heavy atom. The number of hydrogen-bond acceptors (Lipinski definition) is 6. The average Bonchev–Trinajstić information content (AvgIpc) is 3.00. The first-order chi connectivity index (χ1) is 14.7. The first kappa shape index (κ1) is 20.2. The summed E-state index contributed by atoms with van der Waals surface area (Å²) in [5.74, 6) is -0.226. The zero-order valence-corrected chi connectivity index (χ0v) is 17.0. The van der Waals surface area contributed by atoms with Crippen LogP contribution in [0.15, 0.2) is 76.0 Å². The number of nitrogens with zero attached hydrogens (tertiary/aromatic N) is 2. The number of hydrogen-bond donors (Lipinski definition) is 2. The topological polar surface area (TPSA) is 131 Å². The van der Waals surface area contributed by atoms with Gasteiger partial charge in [0.1, 0.15) is 4.90 Å². The fraction of sp³-hybridized carbons (Fsp3) is 0.0476. The van der Waals surface area contributed by atoms with Crippen LogP contribution in [0.1, 0.15) is 21.5 Å². The lowest BCUT2D eigenvalue weighted by atomic mass is 10.1. The zero-order chi connectivity index (χ0) is 22.2. The molecule has 2 N–H and O–H groups in total. The third-order valence-corrected chi connectivity index (χ3v) is 6.04. The molecule has 4 rings (SSSR count). The van der Waals surface area contributed by atoms with Crippen molar-refractivity contribution in [1.29, 1.82) is 0 Å². The largest absolute Gasteiger partial charge is 0.339 e. The Morgan fingerprint density at radius 1 is 1.00 bits per heavy atom. The standard InChI is InChI=1S/C21H16N4O5S/c1-13-6-9-16(12-18(13)25(27)28)23-21(26)14-7-10-15(11-8-14)22-20-17-4-2-3-5-19(17)31(29,30)24-20/h2-12H,1H3,(H,22,24)(H,23,26). The van der Waals surface area contributed by atoms with E-state index in [0.717, 1.165) is 0 Å². The van der Waals surface area contributed by atoms with Crippen molar-refractivity contribution in [1.82, 2.24) is 0 Å². The third-order valence-electron chi connectivity index (χ3n) is 4.71. The van der Waals surface area contributed by atoms with Gasteiger partial charge in [-0.25, -0.2) is 0 Å².